The van der Waals surface area contributed by atoms with Crippen LogP contribution in [-0.4, -0.2) is 11.2 Å². The second-order valence-electron chi connectivity index (χ2n) is 3.72. The van der Waals surface area contributed by atoms with Crippen LogP contribution in [0.15, 0.2) is 24.8 Å². The van der Waals surface area contributed by atoms with Gasteiger partial charge in [-0.25, -0.2) is 0 Å². The van der Waals surface area contributed by atoms with Crippen molar-refractivity contribution in [3.8, 4) is 0 Å². The third-order valence-corrected chi connectivity index (χ3v) is 2.24. The highest BCUT2D eigenvalue weighted by Gasteiger charge is 1.92. The number of aliphatic hydroxyl groups is 1. The second kappa shape index (κ2) is 10.5. The molecule has 82 valence electrons. The number of rotatable bonds is 9. The van der Waals surface area contributed by atoms with Crippen molar-refractivity contribution in [2.24, 2.45) is 0 Å². The maximum atomic E-state index is 9.33. The van der Waals surface area contributed by atoms with E-state index in [2.05, 4.69) is 19.6 Å². The Balaban J connectivity index is 3.21. The molecule has 14 heavy (non-hydrogen) atoms. The van der Waals surface area contributed by atoms with Crippen LogP contribution in [-0.2, 0) is 0 Å². The van der Waals surface area contributed by atoms with Gasteiger partial charge >= 0.3 is 0 Å². The molecule has 0 aliphatic carbocycles. The monoisotopic (exact) mass is 196 g/mol. The van der Waals surface area contributed by atoms with E-state index in [0.717, 1.165) is 6.42 Å². The first kappa shape index (κ1) is 13.4. The number of allylic oxidation sites excluding steroid dienone is 1. The first-order valence-corrected chi connectivity index (χ1v) is 5.76. The Labute approximate surface area is 88.5 Å². The summed E-state index contributed by atoms with van der Waals surface area (Å²) in [6.45, 7) is 5.81. The summed E-state index contributed by atoms with van der Waals surface area (Å²) in [6, 6.07) is 0. The molecule has 0 bridgehead atoms. The van der Waals surface area contributed by atoms with Gasteiger partial charge in [0, 0.05) is 0 Å². The van der Waals surface area contributed by atoms with Crippen LogP contribution in [0, 0.1) is 0 Å². The van der Waals surface area contributed by atoms with Gasteiger partial charge < -0.3 is 5.11 Å². The van der Waals surface area contributed by atoms with Gasteiger partial charge in [-0.15, -0.1) is 6.58 Å². The van der Waals surface area contributed by atoms with Crippen molar-refractivity contribution in [3.05, 3.63) is 24.8 Å². The van der Waals surface area contributed by atoms with Crippen molar-refractivity contribution in [3.63, 3.8) is 0 Å². The Bertz CT molecular complexity index is 149. The lowest BCUT2D eigenvalue weighted by molar-refractivity contribution is 0.226. The maximum absolute atomic E-state index is 9.33. The predicted octanol–water partition coefficient (Wildman–Crippen LogP) is 3.84. The van der Waals surface area contributed by atoms with E-state index in [-0.39, 0.29) is 6.10 Å². The van der Waals surface area contributed by atoms with Crippen molar-refractivity contribution in [1.82, 2.24) is 0 Å². The Morgan fingerprint density at radius 1 is 1.21 bits per heavy atom. The van der Waals surface area contributed by atoms with Gasteiger partial charge in [-0.05, 0) is 19.3 Å². The average molecular weight is 196 g/mol. The lowest BCUT2D eigenvalue weighted by atomic mass is 10.1. The van der Waals surface area contributed by atoms with Crippen molar-refractivity contribution < 1.29 is 5.11 Å². The summed E-state index contributed by atoms with van der Waals surface area (Å²) in [5.41, 5.74) is 0. The van der Waals surface area contributed by atoms with Crippen LogP contribution >= 0.6 is 0 Å². The third kappa shape index (κ3) is 9.53. The smallest absolute Gasteiger partial charge is 0.0755 e. The van der Waals surface area contributed by atoms with Gasteiger partial charge in [0.05, 0.1) is 6.10 Å². The summed E-state index contributed by atoms with van der Waals surface area (Å²) in [4.78, 5) is 0. The lowest BCUT2D eigenvalue weighted by Crippen LogP contribution is -1.98. The molecule has 1 N–H and O–H groups in total. The van der Waals surface area contributed by atoms with Crippen LogP contribution in [0.4, 0.5) is 0 Å². The fourth-order valence-electron chi connectivity index (χ4n) is 1.37. The predicted molar refractivity (Wildman–Crippen MR) is 63.3 cm³/mol. The van der Waals surface area contributed by atoms with Crippen LogP contribution < -0.4 is 0 Å². The number of hydrogen-bond donors (Lipinski definition) is 1. The molecule has 0 aromatic heterocycles. The van der Waals surface area contributed by atoms with Crippen LogP contribution in [0.25, 0.3) is 0 Å². The summed E-state index contributed by atoms with van der Waals surface area (Å²) < 4.78 is 0. The van der Waals surface area contributed by atoms with Gasteiger partial charge in [-0.3, -0.25) is 0 Å². The van der Waals surface area contributed by atoms with Gasteiger partial charge in [0.2, 0.25) is 0 Å². The molecule has 0 saturated heterocycles. The highest BCUT2D eigenvalue weighted by atomic mass is 16.3. The number of unbranched alkanes of at least 4 members (excludes halogenated alkanes) is 5. The molecule has 0 aliphatic rings. The average Bonchev–Trinajstić information content (AvgIpc) is 2.17. The second-order valence-corrected chi connectivity index (χ2v) is 3.72. The Morgan fingerprint density at radius 2 is 1.93 bits per heavy atom. The molecule has 1 heteroatoms. The largest absolute Gasteiger partial charge is 0.389 e. The van der Waals surface area contributed by atoms with Gasteiger partial charge in [-0.1, -0.05) is 50.8 Å². The lowest BCUT2D eigenvalue weighted by Gasteiger charge is -2.00. The molecule has 1 unspecified atom stereocenters. The molecular formula is C13H24O. The van der Waals surface area contributed by atoms with Gasteiger partial charge in [0.25, 0.3) is 0 Å². The molecule has 0 aromatic rings. The molecule has 0 aliphatic heterocycles. The fraction of sp³-hybridized carbons (Fsp3) is 0.692. The normalized spacial score (nSPS) is 13.3. The Hall–Kier alpha value is -0.560. The topological polar surface area (TPSA) is 20.2 Å². The van der Waals surface area contributed by atoms with Gasteiger partial charge in [0.1, 0.15) is 0 Å². The van der Waals surface area contributed by atoms with E-state index >= 15 is 0 Å². The zero-order valence-electron chi connectivity index (χ0n) is 9.41. The van der Waals surface area contributed by atoms with Crippen LogP contribution in [0.3, 0.4) is 0 Å². The minimum Gasteiger partial charge on any atom is -0.389 e. The molecule has 0 heterocycles. The molecule has 0 radical (unpaired) electrons. The molecule has 0 saturated carbocycles. The molecule has 0 amide bonds. The fourth-order valence-corrected chi connectivity index (χ4v) is 1.37. The minimum absolute atomic E-state index is 0.330. The minimum atomic E-state index is -0.330. The van der Waals surface area contributed by atoms with E-state index in [9.17, 15) is 5.11 Å². The number of aliphatic hydroxyl groups excluding tert-OH is 1. The molecule has 1 nitrogen and oxygen atoms in total. The van der Waals surface area contributed by atoms with E-state index in [1.54, 1.807) is 6.08 Å². The Morgan fingerprint density at radius 3 is 2.57 bits per heavy atom. The quantitative estimate of drug-likeness (QED) is 0.439. The first-order valence-electron chi connectivity index (χ1n) is 5.76. The third-order valence-electron chi connectivity index (χ3n) is 2.24. The zero-order chi connectivity index (χ0) is 10.6. The van der Waals surface area contributed by atoms with Crippen molar-refractivity contribution in [2.75, 3.05) is 0 Å². The van der Waals surface area contributed by atoms with Crippen molar-refractivity contribution in [1.29, 1.82) is 0 Å². The summed E-state index contributed by atoms with van der Waals surface area (Å²) in [7, 11) is 0. The van der Waals surface area contributed by atoms with Crippen LogP contribution in [0.2, 0.25) is 0 Å². The molecule has 0 aromatic carbocycles. The summed E-state index contributed by atoms with van der Waals surface area (Å²) in [5, 5.41) is 9.33. The summed E-state index contributed by atoms with van der Waals surface area (Å²) in [6.07, 6.45) is 13.7. The highest BCUT2D eigenvalue weighted by molar-refractivity contribution is 4.91. The molecule has 0 spiro atoms. The SMILES string of the molecule is C=CCC(O)C=CCCCCCCC. The zero-order valence-corrected chi connectivity index (χ0v) is 9.41. The van der Waals surface area contributed by atoms with E-state index in [1.807, 2.05) is 6.08 Å². The highest BCUT2D eigenvalue weighted by Crippen LogP contribution is 2.06. The standard InChI is InChI=1S/C13H24O/c1-3-5-6-7-8-9-10-12-13(14)11-4-2/h4,10,12-14H,2-3,5-9,11H2,1H3. The van der Waals surface area contributed by atoms with E-state index in [1.165, 1.54) is 32.1 Å². The first-order chi connectivity index (χ1) is 6.81. The van der Waals surface area contributed by atoms with Crippen molar-refractivity contribution in [2.45, 2.75) is 58.0 Å². The van der Waals surface area contributed by atoms with Gasteiger partial charge in [0.15, 0.2) is 0 Å². The Kier molecular flexibility index (Phi) is 10.1. The van der Waals surface area contributed by atoms with E-state index in [4.69, 9.17) is 0 Å². The molecular weight excluding hydrogens is 172 g/mol. The van der Waals surface area contributed by atoms with Gasteiger partial charge in [-0.2, -0.15) is 0 Å². The van der Waals surface area contributed by atoms with E-state index < -0.39 is 0 Å². The van der Waals surface area contributed by atoms with Crippen molar-refractivity contribution >= 4 is 0 Å². The van der Waals surface area contributed by atoms with E-state index in [0.29, 0.717) is 6.42 Å². The van der Waals surface area contributed by atoms with Crippen LogP contribution in [0.1, 0.15) is 51.9 Å². The summed E-state index contributed by atoms with van der Waals surface area (Å²) in [5.74, 6) is 0. The molecule has 1 atom stereocenters. The summed E-state index contributed by atoms with van der Waals surface area (Å²) >= 11 is 0. The molecule has 0 fully saturated rings. The number of hydrogen-bond acceptors (Lipinski definition) is 1. The maximum Gasteiger partial charge on any atom is 0.0755 e. The molecule has 0 rings (SSSR count). The van der Waals surface area contributed by atoms with Crippen LogP contribution in [0.5, 0.6) is 0 Å².